The molecule has 2 saturated carbocycles. The van der Waals surface area contributed by atoms with Crippen molar-refractivity contribution >= 4 is 11.8 Å². The Bertz CT molecular complexity index is 413. The molecular weight excluding hydrogens is 256 g/mol. The summed E-state index contributed by atoms with van der Waals surface area (Å²) in [4.78, 5) is 1.38. The van der Waals surface area contributed by atoms with E-state index in [-0.39, 0.29) is 6.29 Å². The Morgan fingerprint density at radius 1 is 1.05 bits per heavy atom. The zero-order chi connectivity index (χ0) is 13.2. The minimum Gasteiger partial charge on any atom is -0.352 e. The summed E-state index contributed by atoms with van der Waals surface area (Å²) in [5.74, 6) is 1.99. The molecule has 3 heteroatoms. The van der Waals surface area contributed by atoms with Crippen molar-refractivity contribution in [2.24, 2.45) is 11.8 Å². The van der Waals surface area contributed by atoms with E-state index in [1.54, 1.807) is 14.2 Å². The van der Waals surface area contributed by atoms with Crippen LogP contribution in [0.5, 0.6) is 0 Å². The first-order valence-corrected chi connectivity index (χ1v) is 8.00. The van der Waals surface area contributed by atoms with Crippen LogP contribution in [-0.4, -0.2) is 19.5 Å². The molecule has 0 aliphatic heterocycles. The zero-order valence-electron chi connectivity index (χ0n) is 11.7. The maximum atomic E-state index is 5.27. The summed E-state index contributed by atoms with van der Waals surface area (Å²) in [7, 11) is 3.35. The molecule has 0 aromatic heterocycles. The third-order valence-electron chi connectivity index (χ3n) is 4.54. The van der Waals surface area contributed by atoms with E-state index in [2.05, 4.69) is 36.0 Å². The summed E-state index contributed by atoms with van der Waals surface area (Å²) in [6, 6.07) is 8.65. The molecule has 0 amide bonds. The van der Waals surface area contributed by atoms with Crippen molar-refractivity contribution in [1.82, 2.24) is 0 Å². The number of hydrogen-bond acceptors (Lipinski definition) is 3. The van der Waals surface area contributed by atoms with Crippen LogP contribution in [0.15, 0.2) is 29.2 Å². The van der Waals surface area contributed by atoms with Crippen LogP contribution in [-0.2, 0) is 9.47 Å². The number of fused-ring (bicyclic) bond motifs is 2. The molecule has 0 saturated heterocycles. The molecular formula is C16H22O2S. The predicted octanol–water partition coefficient (Wildman–Crippen LogP) is 4.26. The molecule has 0 spiro atoms. The fourth-order valence-electron chi connectivity index (χ4n) is 3.58. The van der Waals surface area contributed by atoms with E-state index < -0.39 is 0 Å². The van der Waals surface area contributed by atoms with E-state index in [0.29, 0.717) is 0 Å². The van der Waals surface area contributed by atoms with E-state index in [1.807, 2.05) is 0 Å². The number of thioether (sulfide) groups is 1. The Morgan fingerprint density at radius 2 is 1.79 bits per heavy atom. The van der Waals surface area contributed by atoms with Crippen LogP contribution in [0.25, 0.3) is 0 Å². The fraction of sp³-hybridized carbons (Fsp3) is 0.625. The second-order valence-corrected chi connectivity index (χ2v) is 7.02. The molecule has 2 fully saturated rings. The smallest absolute Gasteiger partial charge is 0.183 e. The molecule has 19 heavy (non-hydrogen) atoms. The Kier molecular flexibility index (Phi) is 4.15. The fourth-order valence-corrected chi connectivity index (χ4v) is 5.03. The molecule has 1 aromatic rings. The first-order valence-electron chi connectivity index (χ1n) is 7.12. The second kappa shape index (κ2) is 5.86. The minimum atomic E-state index is -0.249. The van der Waals surface area contributed by atoms with Gasteiger partial charge in [-0.15, -0.1) is 11.8 Å². The number of benzene rings is 1. The highest BCUT2D eigenvalue weighted by Gasteiger charge is 2.39. The first-order chi connectivity index (χ1) is 9.30. The van der Waals surface area contributed by atoms with E-state index in [0.717, 1.165) is 22.6 Å². The highest BCUT2D eigenvalue weighted by atomic mass is 32.2. The van der Waals surface area contributed by atoms with Crippen molar-refractivity contribution in [3.8, 4) is 0 Å². The van der Waals surface area contributed by atoms with Gasteiger partial charge in [-0.3, -0.25) is 0 Å². The normalized spacial score (nSPS) is 29.3. The van der Waals surface area contributed by atoms with Crippen LogP contribution in [0.4, 0.5) is 0 Å². The monoisotopic (exact) mass is 278 g/mol. The maximum absolute atomic E-state index is 5.27. The van der Waals surface area contributed by atoms with Gasteiger partial charge in [-0.1, -0.05) is 18.6 Å². The molecule has 2 aliphatic rings. The summed E-state index contributed by atoms with van der Waals surface area (Å²) >= 11 is 2.07. The van der Waals surface area contributed by atoms with Crippen molar-refractivity contribution in [1.29, 1.82) is 0 Å². The van der Waals surface area contributed by atoms with Gasteiger partial charge in [-0.25, -0.2) is 0 Å². The Morgan fingerprint density at radius 3 is 2.32 bits per heavy atom. The quantitative estimate of drug-likeness (QED) is 0.750. The van der Waals surface area contributed by atoms with Gasteiger partial charge in [-0.2, -0.15) is 0 Å². The van der Waals surface area contributed by atoms with Crippen molar-refractivity contribution in [2.75, 3.05) is 14.2 Å². The average molecular weight is 278 g/mol. The molecule has 3 rings (SSSR count). The molecule has 2 nitrogen and oxygen atoms in total. The van der Waals surface area contributed by atoms with E-state index >= 15 is 0 Å². The number of methoxy groups -OCH3 is 2. The predicted molar refractivity (Wildman–Crippen MR) is 78.3 cm³/mol. The molecule has 0 N–H and O–H groups in total. The number of hydrogen-bond donors (Lipinski definition) is 0. The van der Waals surface area contributed by atoms with Gasteiger partial charge in [0.15, 0.2) is 6.29 Å². The Labute approximate surface area is 119 Å². The van der Waals surface area contributed by atoms with Crippen molar-refractivity contribution < 1.29 is 9.47 Å². The lowest BCUT2D eigenvalue weighted by Crippen LogP contribution is -2.12. The zero-order valence-corrected chi connectivity index (χ0v) is 12.5. The van der Waals surface area contributed by atoms with E-state index in [4.69, 9.17) is 9.47 Å². The van der Waals surface area contributed by atoms with Crippen LogP contribution >= 0.6 is 11.8 Å². The van der Waals surface area contributed by atoms with Gasteiger partial charge in [0.05, 0.1) is 0 Å². The molecule has 2 bridgehead atoms. The molecule has 3 unspecified atom stereocenters. The summed E-state index contributed by atoms with van der Waals surface area (Å²) < 4.78 is 10.5. The van der Waals surface area contributed by atoms with Crippen LogP contribution in [0, 0.1) is 11.8 Å². The summed E-state index contributed by atoms with van der Waals surface area (Å²) in [6.07, 6.45) is 5.59. The highest BCUT2D eigenvalue weighted by molar-refractivity contribution is 8.00. The van der Waals surface area contributed by atoms with Gasteiger partial charge >= 0.3 is 0 Å². The third-order valence-corrected chi connectivity index (χ3v) is 5.97. The van der Waals surface area contributed by atoms with Crippen molar-refractivity contribution in [3.63, 3.8) is 0 Å². The molecule has 104 valence electrons. The van der Waals surface area contributed by atoms with Gasteiger partial charge in [0.25, 0.3) is 0 Å². The maximum Gasteiger partial charge on any atom is 0.183 e. The molecule has 3 atom stereocenters. The lowest BCUT2D eigenvalue weighted by atomic mass is 10.0. The standard InChI is InChI=1S/C16H22O2S/c1-17-16(18-2)12-5-7-14(8-6-12)19-15-10-11-3-4-13(15)9-11/h5-8,11,13,15-16H,3-4,9-10H2,1-2H3. The SMILES string of the molecule is COC(OC)c1ccc(SC2CC3CCC2C3)cc1. The van der Waals surface area contributed by atoms with Crippen LogP contribution in [0.3, 0.4) is 0 Å². The minimum absolute atomic E-state index is 0.249. The lowest BCUT2D eigenvalue weighted by molar-refractivity contribution is -0.106. The van der Waals surface area contributed by atoms with Gasteiger partial charge in [0, 0.05) is 29.9 Å². The van der Waals surface area contributed by atoms with Crippen LogP contribution < -0.4 is 0 Å². The van der Waals surface area contributed by atoms with Crippen molar-refractivity contribution in [2.45, 2.75) is 42.1 Å². The summed E-state index contributed by atoms with van der Waals surface area (Å²) in [6.45, 7) is 0. The number of rotatable bonds is 5. The van der Waals surface area contributed by atoms with E-state index in [1.165, 1.54) is 30.6 Å². The summed E-state index contributed by atoms with van der Waals surface area (Å²) in [5.41, 5.74) is 1.09. The third kappa shape index (κ3) is 2.83. The van der Waals surface area contributed by atoms with Gasteiger partial charge in [-0.05, 0) is 43.2 Å². The van der Waals surface area contributed by atoms with Gasteiger partial charge < -0.3 is 9.47 Å². The van der Waals surface area contributed by atoms with Gasteiger partial charge in [0.1, 0.15) is 0 Å². The topological polar surface area (TPSA) is 18.5 Å². The average Bonchev–Trinajstić information content (AvgIpc) is 3.04. The second-order valence-electron chi connectivity index (χ2n) is 5.70. The first kappa shape index (κ1) is 13.5. The summed E-state index contributed by atoms with van der Waals surface area (Å²) in [5, 5.41) is 0.852. The Hall–Kier alpha value is -0.510. The molecule has 0 radical (unpaired) electrons. The molecule has 0 heterocycles. The molecule has 2 aliphatic carbocycles. The van der Waals surface area contributed by atoms with Gasteiger partial charge in [0.2, 0.25) is 0 Å². The molecule has 1 aromatic carbocycles. The van der Waals surface area contributed by atoms with Crippen LogP contribution in [0.2, 0.25) is 0 Å². The Balaban J connectivity index is 1.63. The highest BCUT2D eigenvalue weighted by Crippen LogP contribution is 2.51. The van der Waals surface area contributed by atoms with E-state index in [9.17, 15) is 0 Å². The lowest BCUT2D eigenvalue weighted by Gasteiger charge is -2.21. The largest absolute Gasteiger partial charge is 0.352 e. The van der Waals surface area contributed by atoms with Crippen LogP contribution in [0.1, 0.15) is 37.5 Å². The van der Waals surface area contributed by atoms with Crippen molar-refractivity contribution in [3.05, 3.63) is 29.8 Å². The number of ether oxygens (including phenoxy) is 2.